The molecule has 0 unspecified atom stereocenters. The van der Waals surface area contributed by atoms with Gasteiger partial charge in [0.15, 0.2) is 0 Å². The minimum Gasteiger partial charge on any atom is -0.368 e. The van der Waals surface area contributed by atoms with Gasteiger partial charge in [-0.05, 0) is 98.8 Å². The summed E-state index contributed by atoms with van der Waals surface area (Å²) in [6, 6.07) is 30.6. The summed E-state index contributed by atoms with van der Waals surface area (Å²) in [6.45, 7) is 1.77. The van der Waals surface area contributed by atoms with Crippen molar-refractivity contribution < 1.29 is 24.0 Å². The van der Waals surface area contributed by atoms with Gasteiger partial charge in [-0.15, -0.1) is 0 Å². The van der Waals surface area contributed by atoms with Gasteiger partial charge in [-0.3, -0.25) is 24.0 Å². The lowest BCUT2D eigenvalue weighted by Crippen LogP contribution is -2.59. The lowest BCUT2D eigenvalue weighted by molar-refractivity contribution is -0.134. The van der Waals surface area contributed by atoms with E-state index in [1.165, 1.54) is 6.92 Å². The van der Waals surface area contributed by atoms with Gasteiger partial charge in [-0.25, -0.2) is 0 Å². The number of carbonyl (C=O) groups is 5. The minimum absolute atomic E-state index is 0.0893. The first-order valence-electron chi connectivity index (χ1n) is 18.4. The first-order chi connectivity index (χ1) is 26.5. The highest BCUT2D eigenvalue weighted by molar-refractivity contribution is 14.1. The van der Waals surface area contributed by atoms with Crippen molar-refractivity contribution in [3.8, 4) is 0 Å². The number of unbranched alkanes of at least 4 members (excludes halogenated alkanes) is 1. The number of nitrogens with one attached hydrogen (secondary N) is 4. The monoisotopic (exact) mass is 854 g/mol. The molecule has 5 amide bonds. The van der Waals surface area contributed by atoms with Crippen LogP contribution >= 0.6 is 22.6 Å². The van der Waals surface area contributed by atoms with Crippen molar-refractivity contribution in [3.05, 3.63) is 129 Å². The van der Waals surface area contributed by atoms with E-state index in [1.54, 1.807) is 0 Å². The molecule has 55 heavy (non-hydrogen) atoms. The van der Waals surface area contributed by atoms with E-state index in [2.05, 4.69) is 43.9 Å². The number of amides is 5. The molecule has 0 radical (unpaired) electrons. The number of halogens is 1. The smallest absolute Gasteiger partial charge is 0.243 e. The highest BCUT2D eigenvalue weighted by Gasteiger charge is 2.31. The molecule has 0 aliphatic rings. The van der Waals surface area contributed by atoms with Gasteiger partial charge in [0.2, 0.25) is 29.5 Å². The highest BCUT2D eigenvalue weighted by Crippen LogP contribution is 2.19. The maximum atomic E-state index is 14.4. The van der Waals surface area contributed by atoms with Crippen molar-refractivity contribution in [3.63, 3.8) is 0 Å². The summed E-state index contributed by atoms with van der Waals surface area (Å²) >= 11 is 2.18. The van der Waals surface area contributed by atoms with Gasteiger partial charge in [-0.2, -0.15) is 0 Å². The van der Waals surface area contributed by atoms with Crippen LogP contribution in [0.15, 0.2) is 109 Å². The van der Waals surface area contributed by atoms with Crippen LogP contribution in [0, 0.1) is 3.57 Å². The molecule has 0 fully saturated rings. The SMILES string of the molecule is CC(=O)N[C@H](Cc1ccc2ccccc2c1)C(=O)N[C@H](Cc1ccc2ccccc2c1)C(=O)N[C@H](Cc1ccc(I)cc1)C(=O)N[C@H](CCCCN)C(N)=O. The fourth-order valence-electron chi connectivity index (χ4n) is 6.53. The fourth-order valence-corrected chi connectivity index (χ4v) is 6.89. The number of benzene rings is 5. The predicted octanol–water partition coefficient (Wildman–Crippen LogP) is 4.20. The van der Waals surface area contributed by atoms with Gasteiger partial charge in [-0.1, -0.05) is 97.1 Å². The quantitative estimate of drug-likeness (QED) is 0.0567. The summed E-state index contributed by atoms with van der Waals surface area (Å²) in [5.41, 5.74) is 13.7. The zero-order valence-corrected chi connectivity index (χ0v) is 32.9. The molecule has 5 rings (SSSR count). The number of hydrogen-bond acceptors (Lipinski definition) is 6. The zero-order valence-electron chi connectivity index (χ0n) is 30.7. The number of hydrogen-bond donors (Lipinski definition) is 6. The second-order valence-electron chi connectivity index (χ2n) is 13.7. The summed E-state index contributed by atoms with van der Waals surface area (Å²) in [5.74, 6) is -2.86. The molecular weight excluding hydrogens is 807 g/mol. The summed E-state index contributed by atoms with van der Waals surface area (Å²) in [6.07, 6.45) is 1.90. The van der Waals surface area contributed by atoms with E-state index in [0.29, 0.717) is 25.8 Å². The average molecular weight is 855 g/mol. The van der Waals surface area contributed by atoms with Crippen molar-refractivity contribution >= 4 is 73.7 Å². The van der Waals surface area contributed by atoms with Crippen LogP contribution in [-0.2, 0) is 43.2 Å². The van der Waals surface area contributed by atoms with Gasteiger partial charge in [0.1, 0.15) is 24.2 Å². The van der Waals surface area contributed by atoms with E-state index < -0.39 is 53.7 Å². The van der Waals surface area contributed by atoms with Gasteiger partial charge in [0.05, 0.1) is 0 Å². The van der Waals surface area contributed by atoms with Gasteiger partial charge >= 0.3 is 0 Å². The van der Waals surface area contributed by atoms with E-state index in [0.717, 1.165) is 41.8 Å². The van der Waals surface area contributed by atoms with Crippen molar-refractivity contribution in [2.24, 2.45) is 11.5 Å². The second-order valence-corrected chi connectivity index (χ2v) is 15.0. The topological polar surface area (TPSA) is 186 Å². The molecule has 11 nitrogen and oxygen atoms in total. The molecule has 5 aromatic rings. The van der Waals surface area contributed by atoms with Crippen LogP contribution in [0.3, 0.4) is 0 Å². The van der Waals surface area contributed by atoms with Crippen molar-refractivity contribution in [2.75, 3.05) is 6.54 Å². The Balaban J connectivity index is 1.44. The number of nitrogens with two attached hydrogens (primary N) is 2. The predicted molar refractivity (Wildman–Crippen MR) is 224 cm³/mol. The Morgan fingerprint density at radius 2 is 0.964 bits per heavy atom. The molecule has 286 valence electrons. The Morgan fingerprint density at radius 1 is 0.545 bits per heavy atom. The first-order valence-corrected chi connectivity index (χ1v) is 19.4. The lowest BCUT2D eigenvalue weighted by atomic mass is 9.98. The Morgan fingerprint density at radius 3 is 1.42 bits per heavy atom. The van der Waals surface area contributed by atoms with E-state index in [4.69, 9.17) is 11.5 Å². The maximum Gasteiger partial charge on any atom is 0.243 e. The largest absolute Gasteiger partial charge is 0.368 e. The molecule has 4 atom stereocenters. The Labute approximate surface area is 334 Å². The maximum absolute atomic E-state index is 14.4. The number of carbonyl (C=O) groups excluding carboxylic acids is 5. The Bertz CT molecular complexity index is 2140. The molecule has 0 aliphatic heterocycles. The molecule has 0 saturated carbocycles. The summed E-state index contributed by atoms with van der Waals surface area (Å²) < 4.78 is 0.996. The van der Waals surface area contributed by atoms with Crippen molar-refractivity contribution in [1.29, 1.82) is 0 Å². The third-order valence-corrected chi connectivity index (χ3v) is 10.1. The molecule has 0 heterocycles. The molecule has 12 heteroatoms. The van der Waals surface area contributed by atoms with Crippen LogP contribution in [0.5, 0.6) is 0 Å². The van der Waals surface area contributed by atoms with Crippen LogP contribution in [-0.4, -0.2) is 60.2 Å². The Kier molecular flexibility index (Phi) is 14.7. The molecule has 0 aliphatic carbocycles. The van der Waals surface area contributed by atoms with Crippen LogP contribution in [0.25, 0.3) is 21.5 Å². The molecule has 0 bridgehead atoms. The fraction of sp³-hybridized carbons (Fsp3) is 0.279. The lowest BCUT2D eigenvalue weighted by Gasteiger charge is -2.26. The zero-order chi connectivity index (χ0) is 39.3. The number of rotatable bonds is 18. The average Bonchev–Trinajstić information content (AvgIpc) is 3.17. The molecule has 8 N–H and O–H groups in total. The van der Waals surface area contributed by atoms with Gasteiger partial charge in [0, 0.05) is 29.8 Å². The van der Waals surface area contributed by atoms with E-state index in [1.807, 2.05) is 109 Å². The normalized spacial score (nSPS) is 13.3. The Hall–Kier alpha value is -5.34. The van der Waals surface area contributed by atoms with E-state index >= 15 is 0 Å². The molecule has 5 aromatic carbocycles. The summed E-state index contributed by atoms with van der Waals surface area (Å²) in [7, 11) is 0. The minimum atomic E-state index is -1.15. The van der Waals surface area contributed by atoms with Gasteiger partial charge < -0.3 is 32.7 Å². The van der Waals surface area contributed by atoms with E-state index in [9.17, 15) is 24.0 Å². The first kappa shape index (κ1) is 40.8. The third-order valence-electron chi connectivity index (χ3n) is 9.43. The van der Waals surface area contributed by atoms with Crippen LogP contribution in [0.2, 0.25) is 0 Å². The molecular formula is C43H47IN6O5. The second kappa shape index (κ2) is 19.8. The summed E-state index contributed by atoms with van der Waals surface area (Å²) in [5, 5.41) is 15.3. The number of primary amides is 1. The van der Waals surface area contributed by atoms with Crippen LogP contribution in [0.4, 0.5) is 0 Å². The molecule has 0 spiro atoms. The third kappa shape index (κ3) is 12.1. The highest BCUT2D eigenvalue weighted by atomic mass is 127. The van der Waals surface area contributed by atoms with Crippen LogP contribution < -0.4 is 32.7 Å². The molecule has 0 saturated heterocycles. The van der Waals surface area contributed by atoms with Gasteiger partial charge in [0.25, 0.3) is 0 Å². The number of fused-ring (bicyclic) bond motifs is 2. The van der Waals surface area contributed by atoms with E-state index in [-0.39, 0.29) is 19.3 Å². The van der Waals surface area contributed by atoms with Crippen molar-refractivity contribution in [1.82, 2.24) is 21.3 Å². The molecule has 0 aromatic heterocycles. The summed E-state index contributed by atoms with van der Waals surface area (Å²) in [4.78, 5) is 67.1. The van der Waals surface area contributed by atoms with Crippen LogP contribution in [0.1, 0.15) is 42.9 Å². The standard InChI is InChI=1S/C43H47IN6O5/c1-27(51)47-37(25-29-13-17-31-8-2-4-10-33(31)22-29)41(53)50-39(26-30-14-18-32-9-3-5-11-34(32)23-30)43(55)49-38(24-28-15-19-35(44)20-16-28)42(54)48-36(40(46)52)12-6-7-21-45/h2-5,8-11,13-20,22-23,36-39H,6-7,12,21,24-26,45H2,1H3,(H2,46,52)(H,47,51)(H,48,54)(H,49,55)(H,50,53)/t36-,37-,38-,39-/m1/s1. The van der Waals surface area contributed by atoms with Crippen molar-refractivity contribution in [2.45, 2.75) is 69.6 Å².